The van der Waals surface area contributed by atoms with Crippen LogP contribution in [-0.4, -0.2) is 87.1 Å². The fourth-order valence-electron chi connectivity index (χ4n) is 8.61. The zero-order valence-electron chi connectivity index (χ0n) is 36.0. The van der Waals surface area contributed by atoms with E-state index >= 15 is 0 Å². The number of imidazole rings is 2. The van der Waals surface area contributed by atoms with E-state index < -0.39 is 30.3 Å². The fourth-order valence-corrected chi connectivity index (χ4v) is 11.1. The number of likely N-dealkylation sites (tertiary alicyclic amines) is 1. The first-order valence-electron chi connectivity index (χ1n) is 21.2. The molecule has 1 fully saturated rings. The Labute approximate surface area is 377 Å². The predicted molar refractivity (Wildman–Crippen MR) is 249 cm³/mol. The van der Waals surface area contributed by atoms with Gasteiger partial charge in [0.1, 0.15) is 29.8 Å². The van der Waals surface area contributed by atoms with Gasteiger partial charge in [0.15, 0.2) is 0 Å². The Morgan fingerprint density at radius 2 is 1.47 bits per heavy atom. The molecular weight excluding hydrogens is 849 g/mol. The van der Waals surface area contributed by atoms with Crippen LogP contribution in [0.5, 0.6) is 0 Å². The number of amides is 4. The maximum Gasteiger partial charge on any atom is 0.407 e. The quantitative estimate of drug-likeness (QED) is 0.0930. The third-order valence-electron chi connectivity index (χ3n) is 12.1. The van der Waals surface area contributed by atoms with Crippen molar-refractivity contribution in [2.75, 3.05) is 27.3 Å². The molecule has 0 spiro atoms. The molecule has 2 aliphatic heterocycles. The SMILES string of the molecule is COC(=O)N[C@H](C(=O)N1CCCC1c1nc2ccc(-c3csc4c(-c5ccc(-c6cnc(C7C=CCN7C(=O)[C@H](NC(=O)OC)c7ccc(C)cc7)[nH]6)cc5)csc34)cc2[nH]1)C(C)C. The van der Waals surface area contributed by atoms with Gasteiger partial charge >= 0.3 is 12.2 Å². The van der Waals surface area contributed by atoms with Crippen molar-refractivity contribution >= 4 is 67.1 Å². The van der Waals surface area contributed by atoms with Crippen molar-refractivity contribution in [3.63, 3.8) is 0 Å². The van der Waals surface area contributed by atoms with Gasteiger partial charge in [-0.05, 0) is 60.1 Å². The molecule has 0 saturated carbocycles. The number of aromatic nitrogens is 4. The number of carbonyl (C=O) groups excluding carboxylic acids is 4. The van der Waals surface area contributed by atoms with E-state index in [1.807, 2.05) is 68.2 Å². The second-order valence-corrected chi connectivity index (χ2v) is 18.2. The van der Waals surface area contributed by atoms with E-state index in [2.05, 4.69) is 67.8 Å². The normalized spacial score (nSPS) is 17.0. The van der Waals surface area contributed by atoms with E-state index in [0.29, 0.717) is 24.5 Å². The summed E-state index contributed by atoms with van der Waals surface area (Å²) in [5.74, 6) is 0.848. The van der Waals surface area contributed by atoms with E-state index in [1.165, 1.54) is 29.2 Å². The molecule has 3 aromatic carbocycles. The zero-order chi connectivity index (χ0) is 44.6. The number of H-pyrrole nitrogens is 2. The second kappa shape index (κ2) is 17.8. The summed E-state index contributed by atoms with van der Waals surface area (Å²) in [7, 11) is 2.57. The summed E-state index contributed by atoms with van der Waals surface area (Å²) in [6.07, 6.45) is 5.98. The molecule has 4 atom stereocenters. The van der Waals surface area contributed by atoms with Crippen molar-refractivity contribution in [3.8, 4) is 33.5 Å². The highest BCUT2D eigenvalue weighted by molar-refractivity contribution is 7.27. The second-order valence-electron chi connectivity index (χ2n) is 16.5. The smallest absolute Gasteiger partial charge is 0.407 e. The molecule has 4 amide bonds. The van der Waals surface area contributed by atoms with Crippen molar-refractivity contribution in [2.24, 2.45) is 5.92 Å². The first kappa shape index (κ1) is 42.5. The molecule has 9 rings (SSSR count). The molecule has 0 radical (unpaired) electrons. The Morgan fingerprint density at radius 3 is 2.17 bits per heavy atom. The van der Waals surface area contributed by atoms with Crippen molar-refractivity contribution in [3.05, 3.63) is 119 Å². The standard InChI is InChI=1S/C48H48N8O6S2/c1-26(2)39(53-47(59)61-4)45(57)56-21-7-9-38(56)44-50-34-19-18-31(22-35(34)51-44)33-25-64-41-32(24-63-42(33)41)28-14-16-29(17-15-28)36-23-49-43(52-36)37-8-6-20-55(37)46(58)40(54-48(60)62-5)30-12-10-27(3)11-13-30/h6,8,10-19,22-26,37-40H,7,9,20-21H2,1-5H3,(H,49,52)(H,50,51)(H,53,59)(H,54,60)/t37?,38?,39-,40+/m0/s1. The van der Waals surface area contributed by atoms with E-state index in [9.17, 15) is 19.2 Å². The van der Waals surface area contributed by atoms with Crippen LogP contribution < -0.4 is 10.6 Å². The molecule has 64 heavy (non-hydrogen) atoms. The van der Waals surface area contributed by atoms with Crippen LogP contribution in [0.25, 0.3) is 53.9 Å². The highest BCUT2D eigenvalue weighted by Gasteiger charge is 2.38. The molecule has 1 saturated heterocycles. The number of hydrogen-bond donors (Lipinski definition) is 4. The van der Waals surface area contributed by atoms with Gasteiger partial charge in [-0.25, -0.2) is 19.6 Å². The number of carbonyl (C=O) groups is 4. The lowest BCUT2D eigenvalue weighted by atomic mass is 10.0. The maximum atomic E-state index is 14.0. The highest BCUT2D eigenvalue weighted by Crippen LogP contribution is 2.45. The van der Waals surface area contributed by atoms with Crippen LogP contribution in [0.4, 0.5) is 9.59 Å². The van der Waals surface area contributed by atoms with Crippen LogP contribution in [0.3, 0.4) is 0 Å². The van der Waals surface area contributed by atoms with Crippen molar-refractivity contribution in [2.45, 2.75) is 57.8 Å². The van der Waals surface area contributed by atoms with Crippen LogP contribution in [0.15, 0.2) is 95.8 Å². The molecule has 14 nitrogen and oxygen atoms in total. The molecule has 328 valence electrons. The van der Waals surface area contributed by atoms with Crippen LogP contribution >= 0.6 is 22.7 Å². The molecule has 0 aliphatic carbocycles. The van der Waals surface area contributed by atoms with Crippen LogP contribution in [0.1, 0.15) is 67.6 Å². The number of hydrogen-bond acceptors (Lipinski definition) is 10. The lowest BCUT2D eigenvalue weighted by Crippen LogP contribution is -2.51. The Kier molecular flexibility index (Phi) is 11.8. The largest absolute Gasteiger partial charge is 0.453 e. The number of alkyl carbamates (subject to hydrolysis) is 2. The average Bonchev–Trinajstić information content (AvgIpc) is 4.16. The van der Waals surface area contributed by atoms with E-state index in [4.69, 9.17) is 19.4 Å². The average molecular weight is 897 g/mol. The van der Waals surface area contributed by atoms with Gasteiger partial charge in [-0.1, -0.05) is 86.2 Å². The zero-order valence-corrected chi connectivity index (χ0v) is 37.6. The van der Waals surface area contributed by atoms with Crippen molar-refractivity contribution < 1.29 is 28.7 Å². The summed E-state index contributed by atoms with van der Waals surface area (Å²) in [5, 5.41) is 9.86. The Morgan fingerprint density at radius 1 is 0.797 bits per heavy atom. The molecule has 6 heterocycles. The molecule has 4 N–H and O–H groups in total. The summed E-state index contributed by atoms with van der Waals surface area (Å²) in [5.41, 5.74) is 9.73. The first-order valence-corrected chi connectivity index (χ1v) is 22.9. The lowest BCUT2D eigenvalue weighted by Gasteiger charge is -2.29. The number of benzene rings is 3. The molecular formula is C48H48N8O6S2. The molecule has 16 heteroatoms. The number of nitrogens with zero attached hydrogens (tertiary/aromatic N) is 4. The van der Waals surface area contributed by atoms with Gasteiger partial charge in [-0.3, -0.25) is 9.59 Å². The summed E-state index contributed by atoms with van der Waals surface area (Å²) in [4.78, 5) is 72.2. The van der Waals surface area contributed by atoms with Crippen LogP contribution in [0, 0.1) is 12.8 Å². The summed E-state index contributed by atoms with van der Waals surface area (Å²) in [6, 6.07) is 19.9. The third-order valence-corrected chi connectivity index (χ3v) is 14.2. The van der Waals surface area contributed by atoms with E-state index in [1.54, 1.807) is 33.8 Å². The van der Waals surface area contributed by atoms with Gasteiger partial charge in [0.25, 0.3) is 5.91 Å². The van der Waals surface area contributed by atoms with Gasteiger partial charge < -0.3 is 39.9 Å². The topological polar surface area (TPSA) is 175 Å². The number of methoxy groups -OCH3 is 2. The molecule has 7 aromatic rings. The van der Waals surface area contributed by atoms with Crippen molar-refractivity contribution in [1.82, 2.24) is 40.4 Å². The minimum Gasteiger partial charge on any atom is -0.453 e. The van der Waals surface area contributed by atoms with Gasteiger partial charge in [0.2, 0.25) is 5.91 Å². The monoisotopic (exact) mass is 896 g/mol. The minimum atomic E-state index is -0.926. The summed E-state index contributed by atoms with van der Waals surface area (Å²) >= 11 is 3.45. The van der Waals surface area contributed by atoms with Crippen LogP contribution in [0.2, 0.25) is 0 Å². The molecule has 0 bridgehead atoms. The molecule has 2 unspecified atom stereocenters. The number of aromatic amines is 2. The number of rotatable bonds is 11. The minimum absolute atomic E-state index is 0.112. The Bertz CT molecular complexity index is 2890. The van der Waals surface area contributed by atoms with Gasteiger partial charge in [0, 0.05) is 35.0 Å². The predicted octanol–water partition coefficient (Wildman–Crippen LogP) is 9.45. The molecule has 2 aliphatic rings. The van der Waals surface area contributed by atoms with Gasteiger partial charge in [-0.2, -0.15) is 0 Å². The fraction of sp³-hybridized carbons (Fsp3) is 0.292. The maximum absolute atomic E-state index is 14.0. The summed E-state index contributed by atoms with van der Waals surface area (Å²) < 4.78 is 12.1. The van der Waals surface area contributed by atoms with Gasteiger partial charge in [-0.15, -0.1) is 22.7 Å². The number of thiophene rings is 2. The third kappa shape index (κ3) is 8.14. The van der Waals surface area contributed by atoms with Gasteiger partial charge in [0.05, 0.1) is 52.6 Å². The molecule has 4 aromatic heterocycles. The van der Waals surface area contributed by atoms with Crippen LogP contribution in [-0.2, 0) is 19.1 Å². The van der Waals surface area contributed by atoms with Crippen molar-refractivity contribution in [1.29, 1.82) is 0 Å². The number of ether oxygens (including phenoxy) is 2. The Hall–Kier alpha value is -6.78. The Balaban J connectivity index is 0.905. The van der Waals surface area contributed by atoms with E-state index in [0.717, 1.165) is 63.2 Å². The van der Waals surface area contributed by atoms with E-state index in [-0.39, 0.29) is 23.8 Å². The first-order chi connectivity index (χ1) is 31.0. The number of aryl methyl sites for hydroxylation is 1. The number of fused-ring (bicyclic) bond motifs is 2. The highest BCUT2D eigenvalue weighted by atomic mass is 32.1. The lowest BCUT2D eigenvalue weighted by molar-refractivity contribution is -0.135. The number of nitrogens with one attached hydrogen (secondary N) is 4. The summed E-state index contributed by atoms with van der Waals surface area (Å²) in [6.45, 7) is 6.75.